The Morgan fingerprint density at radius 1 is 0.208 bits per heavy atom. The molecule has 35 N–H and O–H groups in total. The second-order valence-corrected chi connectivity index (χ2v) is 31.6. The quantitative estimate of drug-likeness (QED) is 0.0297. The molecule has 0 saturated carbocycles. The summed E-state index contributed by atoms with van der Waals surface area (Å²) < 4.78 is 123. The van der Waals surface area contributed by atoms with E-state index in [4.69, 9.17) is 99.5 Å². The van der Waals surface area contributed by atoms with Crippen LogP contribution in [-0.4, -0.2) is 590 Å². The average Bonchev–Trinajstić information content (AvgIpc) is 0.767. The molecule has 11 rings (SSSR count). The first-order chi connectivity index (χ1) is 59.3. The van der Waals surface area contributed by atoms with Crippen LogP contribution < -0.4 is 5.32 Å². The Balaban J connectivity index is 0.930. The van der Waals surface area contributed by atoms with E-state index < -0.39 is 416 Å². The number of carbonyl (C=O) groups is 1. The van der Waals surface area contributed by atoms with Gasteiger partial charge in [-0.15, -0.1) is 0 Å². The molecule has 57 nitrogen and oxygen atoms in total. The van der Waals surface area contributed by atoms with E-state index in [1.165, 1.54) is 0 Å². The molecule has 1 amide bonds. The molecular formula is C68H115NO56. The minimum Gasteiger partial charge on any atom is -0.394 e. The van der Waals surface area contributed by atoms with Crippen LogP contribution in [0.25, 0.3) is 0 Å². The van der Waals surface area contributed by atoms with Crippen LogP contribution in [0.2, 0.25) is 0 Å². The van der Waals surface area contributed by atoms with E-state index in [1.54, 1.807) is 0 Å². The summed E-state index contributed by atoms with van der Waals surface area (Å²) in [5, 5.41) is 379. The van der Waals surface area contributed by atoms with Gasteiger partial charge < -0.3 is 278 Å². The predicted octanol–water partition coefficient (Wildman–Crippen LogP) is -24.8. The van der Waals surface area contributed by atoms with Crippen molar-refractivity contribution < 1.29 is 278 Å². The fourth-order valence-electron chi connectivity index (χ4n) is 16.0. The maximum Gasteiger partial charge on any atom is 0.217 e. The molecule has 0 unspecified atom stereocenters. The van der Waals surface area contributed by atoms with Crippen LogP contribution in [0.15, 0.2) is 0 Å². The van der Waals surface area contributed by atoms with Crippen molar-refractivity contribution in [1.29, 1.82) is 0 Å². The second kappa shape index (κ2) is 44.6. The molecule has 0 aromatic carbocycles. The van der Waals surface area contributed by atoms with Crippen LogP contribution >= 0.6 is 0 Å². The highest BCUT2D eigenvalue weighted by atomic mass is 16.8. The highest BCUT2D eigenvalue weighted by molar-refractivity contribution is 5.73. The molecule has 0 aliphatic carbocycles. The molecule has 55 atom stereocenters. The topological polar surface area (TPSA) is 911 Å². The molecule has 11 fully saturated rings. The Morgan fingerprint density at radius 3 is 0.744 bits per heavy atom. The van der Waals surface area contributed by atoms with E-state index in [0.717, 1.165) is 6.92 Å². The fraction of sp³-hybridized carbons (Fsp3) is 0.985. The summed E-state index contributed by atoms with van der Waals surface area (Å²) in [7, 11) is 0. The highest BCUT2D eigenvalue weighted by Crippen LogP contribution is 2.42. The van der Waals surface area contributed by atoms with Gasteiger partial charge in [-0.05, 0) is 0 Å². The third kappa shape index (κ3) is 21.8. The maximum atomic E-state index is 12.7. The first kappa shape index (κ1) is 103. The number of carbonyl (C=O) groups excluding carboxylic acids is 1. The van der Waals surface area contributed by atoms with Crippen LogP contribution in [0.5, 0.6) is 0 Å². The Bertz CT molecular complexity index is 3250. The van der Waals surface area contributed by atoms with Gasteiger partial charge in [-0.25, -0.2) is 0 Å². The van der Waals surface area contributed by atoms with Crippen molar-refractivity contribution in [2.75, 3.05) is 72.7 Å². The van der Waals surface area contributed by atoms with E-state index in [2.05, 4.69) is 5.32 Å². The lowest BCUT2D eigenvalue weighted by Crippen LogP contribution is -2.69. The molecule has 0 radical (unpaired) electrons. The lowest BCUT2D eigenvalue weighted by Gasteiger charge is -2.51. The van der Waals surface area contributed by atoms with Gasteiger partial charge in [0.25, 0.3) is 0 Å². The van der Waals surface area contributed by atoms with Crippen molar-refractivity contribution in [1.82, 2.24) is 5.32 Å². The summed E-state index contributed by atoms with van der Waals surface area (Å²) in [4.78, 5) is 12.4. The van der Waals surface area contributed by atoms with Crippen molar-refractivity contribution in [3.63, 3.8) is 0 Å². The van der Waals surface area contributed by atoms with Crippen LogP contribution in [0.4, 0.5) is 0 Å². The van der Waals surface area contributed by atoms with Gasteiger partial charge in [-0.3, -0.25) is 4.79 Å². The summed E-state index contributed by atoms with van der Waals surface area (Å²) in [5.74, 6) is -0.906. The van der Waals surface area contributed by atoms with Gasteiger partial charge in [0.2, 0.25) is 5.91 Å². The van der Waals surface area contributed by atoms with E-state index in [-0.39, 0.29) is 0 Å². The van der Waals surface area contributed by atoms with Gasteiger partial charge in [-0.2, -0.15) is 0 Å². The standard InChI is InChI=1S/C68H115NO56/c1-13(79)69-25-36(90)50(22(10-78)107-58(25)104)118-64-49(103)53(121-67-57(43(97)32(86)19(7-75)114-67)125-68-56(42(96)31(85)20(8-76)115-68)124-63-48(102)51(33(87)21(9-77)111-63)119-60-44(98)37(91)26(80)14(2-70)108-60)35(89)24(117-64)11-105-59-47(101)52(120-66-55(41(95)30(84)18(6-74)113-66)123-62-46(100)39(93)28(82)16(4-72)110-62)34(88)23(116-59)12-106-65-54(40(94)29(83)17(5-73)112-65)122-61-45(99)38(92)27(81)15(3-71)109-61/h14-68,70-78,80-104H,2-12H2,1H3,(H,69,79)/t14-,15-,16-,17-,18-,19-,20-,21-,22-,23-,24-,25-,26-,27-,28-,29-,30-,31-,32-,33-,34-,35-,36-,37+,38+,39+,40+,41+,42+,43+,44-,45+,46+,47+,48+,49+,50-,51+,52+,53+,54+,55+,56+,57+,58-,59+,60-,61-,62-,63-,64+,65-,66-,67-,68-/m1/s1. The molecule has 0 spiro atoms. The summed E-state index contributed by atoms with van der Waals surface area (Å²) in [6.07, 6.45) is -119. The number of aliphatic hydroxyl groups is 34. The third-order valence-electron chi connectivity index (χ3n) is 23.4. The van der Waals surface area contributed by atoms with Crippen LogP contribution in [-0.2, 0) is 104 Å². The SMILES string of the molecule is CC(=O)N[C@@H]1[C@@H](O)[C@H](O[C@@H]2O[C@H](CO[C@H]3O[C@H](CO[C@@H]4O[C@H](CO)[C@@H](O)[C@H](O)[C@@H]4O[C@H]4O[C@H](CO)[C@@H](O)[C@H](O)[C@@H]4O)[C@@H](O)[C@H](O[C@H]4O[C@H](CO)[C@@H](O)[C@H](O)[C@@H]4O[C@H]4O[C@H](CO)[C@@H](O)[C@H](O)[C@@H]4O)[C@@H]3O)[C@@H](O)[C@H](O[C@H]3O[C@H](CO)[C@@H](O)[C@H](O)[C@@H]3O[C@H]3O[C@H](CO)[C@@H](O)[C@H](O)[C@@H]3O[C@H]3O[C@H](CO)[C@@H](O)[C@H](O[C@H]4O[C@H](CO)[C@@H](O)[C@H](O)[C@H]4O)[C@@H]3O)[C@@H]2O)[C@@H](CO)O[C@H]1O. The van der Waals surface area contributed by atoms with Crippen molar-refractivity contribution in [2.45, 2.75) is 345 Å². The highest BCUT2D eigenvalue weighted by Gasteiger charge is 2.62. The zero-order valence-electron chi connectivity index (χ0n) is 65.7. The number of rotatable bonds is 32. The van der Waals surface area contributed by atoms with Crippen molar-refractivity contribution >= 4 is 5.91 Å². The predicted molar refractivity (Wildman–Crippen MR) is 374 cm³/mol. The van der Waals surface area contributed by atoms with E-state index in [1.807, 2.05) is 0 Å². The van der Waals surface area contributed by atoms with Gasteiger partial charge in [-0.1, -0.05) is 0 Å². The first-order valence-corrected chi connectivity index (χ1v) is 39.7. The van der Waals surface area contributed by atoms with Crippen molar-refractivity contribution in [3.8, 4) is 0 Å². The molecule has 57 heteroatoms. The molecule has 11 saturated heterocycles. The zero-order valence-corrected chi connectivity index (χ0v) is 65.7. The summed E-state index contributed by atoms with van der Waals surface area (Å²) in [6, 6.07) is -1.85. The Labute approximate surface area is 704 Å². The maximum absolute atomic E-state index is 12.7. The number of ether oxygens (including phenoxy) is 21. The molecule has 728 valence electrons. The molecule has 11 aliphatic rings. The van der Waals surface area contributed by atoms with E-state index in [0.29, 0.717) is 0 Å². The minimum absolute atomic E-state index is 0.906. The number of hydrogen-bond acceptors (Lipinski definition) is 56. The molecule has 0 aromatic heterocycles. The lowest BCUT2D eigenvalue weighted by molar-refractivity contribution is -0.411. The summed E-state index contributed by atoms with van der Waals surface area (Å²) in [6.45, 7) is -11.8. The number of nitrogens with one attached hydrogen (secondary N) is 1. The largest absolute Gasteiger partial charge is 0.394 e. The third-order valence-corrected chi connectivity index (χ3v) is 23.4. The van der Waals surface area contributed by atoms with Crippen molar-refractivity contribution in [3.05, 3.63) is 0 Å². The van der Waals surface area contributed by atoms with Gasteiger partial charge in [0, 0.05) is 6.92 Å². The molecular weight excluding hydrogens is 1730 g/mol. The first-order valence-electron chi connectivity index (χ1n) is 39.7. The molecule has 125 heavy (non-hydrogen) atoms. The molecule has 11 heterocycles. The van der Waals surface area contributed by atoms with Gasteiger partial charge in [0.05, 0.1) is 72.7 Å². The van der Waals surface area contributed by atoms with E-state index >= 15 is 0 Å². The Kier molecular flexibility index (Phi) is 36.7. The Hall–Kier alpha value is -2.73. The number of amides is 1. The lowest BCUT2D eigenvalue weighted by atomic mass is 9.94. The smallest absolute Gasteiger partial charge is 0.217 e. The van der Waals surface area contributed by atoms with Gasteiger partial charge in [0.15, 0.2) is 69.2 Å². The minimum atomic E-state index is -2.63. The van der Waals surface area contributed by atoms with Gasteiger partial charge in [0.1, 0.15) is 269 Å². The Morgan fingerprint density at radius 2 is 0.424 bits per heavy atom. The van der Waals surface area contributed by atoms with E-state index in [9.17, 15) is 178 Å². The monoisotopic (exact) mass is 1840 g/mol. The van der Waals surface area contributed by atoms with Crippen LogP contribution in [0.1, 0.15) is 6.92 Å². The van der Waals surface area contributed by atoms with Gasteiger partial charge >= 0.3 is 0 Å². The fourth-order valence-corrected chi connectivity index (χ4v) is 16.0. The summed E-state index contributed by atoms with van der Waals surface area (Å²) >= 11 is 0. The zero-order chi connectivity index (χ0) is 91.7. The number of hydrogen-bond donors (Lipinski definition) is 35. The van der Waals surface area contributed by atoms with Crippen molar-refractivity contribution in [2.24, 2.45) is 0 Å². The number of aliphatic hydroxyl groups excluding tert-OH is 34. The second-order valence-electron chi connectivity index (χ2n) is 31.6. The van der Waals surface area contributed by atoms with Crippen LogP contribution in [0.3, 0.4) is 0 Å². The normalized spacial score (nSPS) is 52.7. The molecule has 0 aromatic rings. The average molecular weight is 1840 g/mol. The molecule has 11 aliphatic heterocycles. The van der Waals surface area contributed by atoms with Crippen LogP contribution in [0, 0.1) is 0 Å². The molecule has 0 bridgehead atoms. The summed E-state index contributed by atoms with van der Waals surface area (Å²) in [5.41, 5.74) is 0.